The van der Waals surface area contributed by atoms with Gasteiger partial charge in [0.05, 0.1) is 11.4 Å². The van der Waals surface area contributed by atoms with Crippen molar-refractivity contribution in [3.8, 4) is 5.69 Å². The molecule has 154 valence electrons. The van der Waals surface area contributed by atoms with E-state index in [9.17, 15) is 4.79 Å². The van der Waals surface area contributed by atoms with Gasteiger partial charge in [0.15, 0.2) is 0 Å². The van der Waals surface area contributed by atoms with Crippen molar-refractivity contribution >= 4 is 11.0 Å². The average molecular weight is 401 g/mol. The Labute approximate surface area is 176 Å². The fourth-order valence-corrected chi connectivity index (χ4v) is 3.60. The van der Waals surface area contributed by atoms with Crippen molar-refractivity contribution in [3.63, 3.8) is 0 Å². The minimum Gasteiger partial charge on any atom is -0.308 e. The highest BCUT2D eigenvalue weighted by Gasteiger charge is 2.24. The topological polar surface area (TPSA) is 62.7 Å². The lowest BCUT2D eigenvalue weighted by Crippen LogP contribution is -2.21. The molecule has 0 bridgehead atoms. The summed E-state index contributed by atoms with van der Waals surface area (Å²) in [6, 6.07) is 20.3. The number of aromatic nitrogens is 3. The normalized spacial score (nSPS) is 11.9. The largest absolute Gasteiger partial charge is 0.308 e. The lowest BCUT2D eigenvalue weighted by Gasteiger charge is -2.15. The van der Waals surface area contributed by atoms with Gasteiger partial charge in [0, 0.05) is 29.5 Å². The van der Waals surface area contributed by atoms with E-state index in [4.69, 9.17) is 5.10 Å². The molecule has 0 amide bonds. The first-order chi connectivity index (χ1) is 14.3. The highest BCUT2D eigenvalue weighted by Crippen LogP contribution is 2.29. The summed E-state index contributed by atoms with van der Waals surface area (Å²) in [7, 11) is 0. The third-order valence-corrected chi connectivity index (χ3v) is 5.24. The fraction of sp³-hybridized carbons (Fsp3) is 0.280. The molecule has 4 aromatic rings. The van der Waals surface area contributed by atoms with Crippen LogP contribution >= 0.6 is 0 Å². The molecule has 5 heteroatoms. The average Bonchev–Trinajstić information content (AvgIpc) is 3.09. The molecule has 2 aromatic carbocycles. The second-order valence-electron chi connectivity index (χ2n) is 8.82. The van der Waals surface area contributed by atoms with E-state index in [1.165, 1.54) is 11.1 Å². The van der Waals surface area contributed by atoms with Gasteiger partial charge in [0.1, 0.15) is 5.65 Å². The molecule has 30 heavy (non-hydrogen) atoms. The summed E-state index contributed by atoms with van der Waals surface area (Å²) in [4.78, 5) is 15.9. The van der Waals surface area contributed by atoms with Gasteiger partial charge in [-0.05, 0) is 30.7 Å². The Morgan fingerprint density at radius 3 is 2.37 bits per heavy atom. The van der Waals surface area contributed by atoms with E-state index in [1.54, 1.807) is 0 Å². The van der Waals surface area contributed by atoms with Gasteiger partial charge in [-0.15, -0.1) is 0 Å². The van der Waals surface area contributed by atoms with Crippen LogP contribution in [0.25, 0.3) is 16.7 Å². The molecule has 0 aliphatic heterocycles. The van der Waals surface area contributed by atoms with Gasteiger partial charge in [-0.25, -0.2) is 4.68 Å². The summed E-state index contributed by atoms with van der Waals surface area (Å²) in [5, 5.41) is 9.25. The number of H-pyrrole nitrogens is 1. The second kappa shape index (κ2) is 7.92. The molecule has 0 aliphatic carbocycles. The second-order valence-corrected chi connectivity index (χ2v) is 8.82. The van der Waals surface area contributed by atoms with E-state index < -0.39 is 0 Å². The van der Waals surface area contributed by atoms with Crippen LogP contribution in [0, 0.1) is 6.92 Å². The summed E-state index contributed by atoms with van der Waals surface area (Å²) < 4.78 is 1.83. The van der Waals surface area contributed by atoms with E-state index in [-0.39, 0.29) is 11.0 Å². The summed E-state index contributed by atoms with van der Waals surface area (Å²) >= 11 is 0. The molecule has 0 radical (unpaired) electrons. The van der Waals surface area contributed by atoms with Crippen LogP contribution in [0.4, 0.5) is 0 Å². The third kappa shape index (κ3) is 4.07. The van der Waals surface area contributed by atoms with Crippen LogP contribution in [-0.4, -0.2) is 14.8 Å². The van der Waals surface area contributed by atoms with Gasteiger partial charge in [-0.3, -0.25) is 4.79 Å². The third-order valence-electron chi connectivity index (χ3n) is 5.24. The number of hydrogen-bond acceptors (Lipinski definition) is 3. The molecule has 0 fully saturated rings. The highest BCUT2D eigenvalue weighted by atomic mass is 16.1. The van der Waals surface area contributed by atoms with Crippen LogP contribution in [0.5, 0.6) is 0 Å². The molecule has 0 atom stereocenters. The van der Waals surface area contributed by atoms with Crippen molar-refractivity contribution in [2.45, 2.75) is 46.2 Å². The van der Waals surface area contributed by atoms with Gasteiger partial charge in [0.2, 0.25) is 0 Å². The van der Waals surface area contributed by atoms with Crippen molar-refractivity contribution in [3.05, 3.63) is 93.4 Å². The molecule has 0 spiro atoms. The molecule has 5 nitrogen and oxygen atoms in total. The van der Waals surface area contributed by atoms with Gasteiger partial charge in [-0.2, -0.15) is 5.10 Å². The lowest BCUT2D eigenvalue weighted by molar-refractivity contribution is 0.565. The SMILES string of the molecule is Cc1ccc(CNCc2cc3c(C(C)(C)C)nn(-c4ccccc4)c3[nH]c2=O)cc1. The van der Waals surface area contributed by atoms with E-state index in [0.29, 0.717) is 18.7 Å². The Bertz CT molecular complexity index is 1210. The smallest absolute Gasteiger partial charge is 0.254 e. The Kier molecular flexibility index (Phi) is 5.31. The summed E-state index contributed by atoms with van der Waals surface area (Å²) in [6.45, 7) is 9.72. The number of nitrogens with one attached hydrogen (secondary N) is 2. The van der Waals surface area contributed by atoms with Crippen LogP contribution < -0.4 is 10.9 Å². The van der Waals surface area contributed by atoms with E-state index in [0.717, 1.165) is 22.4 Å². The maximum atomic E-state index is 12.8. The molecule has 2 N–H and O–H groups in total. The van der Waals surface area contributed by atoms with Gasteiger partial charge >= 0.3 is 0 Å². The lowest BCUT2D eigenvalue weighted by atomic mass is 9.90. The number of nitrogens with zero attached hydrogens (tertiary/aromatic N) is 2. The summed E-state index contributed by atoms with van der Waals surface area (Å²) in [5.74, 6) is 0. The zero-order chi connectivity index (χ0) is 21.3. The Morgan fingerprint density at radius 2 is 1.70 bits per heavy atom. The molecular weight excluding hydrogens is 372 g/mol. The molecular formula is C25H28N4O. The maximum absolute atomic E-state index is 12.8. The molecule has 4 rings (SSSR count). The van der Waals surface area contributed by atoms with E-state index in [2.05, 4.69) is 62.3 Å². The number of hydrogen-bond donors (Lipinski definition) is 2. The minimum atomic E-state index is -0.150. The minimum absolute atomic E-state index is 0.0866. The number of pyridine rings is 1. The standard InChI is InChI=1S/C25H28N4O/c1-17-10-12-18(13-11-17)15-26-16-19-14-21-22(25(2,3)4)28-29(23(21)27-24(19)30)20-8-6-5-7-9-20/h5-14,26H,15-16H2,1-4H3,(H,27,30). The molecule has 2 aromatic heterocycles. The van der Waals surface area contributed by atoms with Crippen LogP contribution in [0.2, 0.25) is 0 Å². The predicted octanol–water partition coefficient (Wildman–Crippen LogP) is 4.61. The number of benzene rings is 2. The highest BCUT2D eigenvalue weighted by molar-refractivity contribution is 5.81. The predicted molar refractivity (Wildman–Crippen MR) is 122 cm³/mol. The zero-order valence-corrected chi connectivity index (χ0v) is 18.0. The number of fused-ring (bicyclic) bond motifs is 1. The van der Waals surface area contributed by atoms with Crippen LogP contribution in [0.15, 0.2) is 65.5 Å². The molecule has 2 heterocycles. The van der Waals surface area contributed by atoms with Crippen molar-refractivity contribution < 1.29 is 0 Å². The first kappa shape index (κ1) is 20.1. The molecule has 0 saturated carbocycles. The molecule has 0 unspecified atom stereocenters. The van der Waals surface area contributed by atoms with Crippen molar-refractivity contribution in [1.82, 2.24) is 20.1 Å². The first-order valence-electron chi connectivity index (χ1n) is 10.3. The Hall–Kier alpha value is -3.18. The summed E-state index contributed by atoms with van der Waals surface area (Å²) in [5.41, 5.74) is 5.55. The Balaban J connectivity index is 1.69. The first-order valence-corrected chi connectivity index (χ1v) is 10.3. The quantitative estimate of drug-likeness (QED) is 0.514. The van der Waals surface area contributed by atoms with Crippen LogP contribution in [0.1, 0.15) is 43.2 Å². The van der Waals surface area contributed by atoms with Gasteiger partial charge < -0.3 is 10.3 Å². The number of rotatable bonds is 5. The Morgan fingerprint density at radius 1 is 1.00 bits per heavy atom. The fourth-order valence-electron chi connectivity index (χ4n) is 3.60. The van der Waals surface area contributed by atoms with E-state index in [1.807, 2.05) is 41.1 Å². The molecule has 0 saturated heterocycles. The zero-order valence-electron chi connectivity index (χ0n) is 18.0. The van der Waals surface area contributed by atoms with Crippen molar-refractivity contribution in [2.75, 3.05) is 0 Å². The van der Waals surface area contributed by atoms with E-state index >= 15 is 0 Å². The van der Waals surface area contributed by atoms with Crippen molar-refractivity contribution in [2.24, 2.45) is 0 Å². The van der Waals surface area contributed by atoms with Gasteiger partial charge in [0.25, 0.3) is 5.56 Å². The van der Waals surface area contributed by atoms with Crippen molar-refractivity contribution in [1.29, 1.82) is 0 Å². The number of para-hydroxylation sites is 1. The maximum Gasteiger partial charge on any atom is 0.254 e. The van der Waals surface area contributed by atoms with Crippen LogP contribution in [0.3, 0.4) is 0 Å². The number of aryl methyl sites for hydroxylation is 1. The van der Waals surface area contributed by atoms with Crippen LogP contribution in [-0.2, 0) is 18.5 Å². The monoisotopic (exact) mass is 400 g/mol. The number of aromatic amines is 1. The molecule has 0 aliphatic rings. The van der Waals surface area contributed by atoms with Gasteiger partial charge in [-0.1, -0.05) is 68.8 Å². The summed E-state index contributed by atoms with van der Waals surface area (Å²) in [6.07, 6.45) is 0.